The van der Waals surface area contributed by atoms with E-state index in [2.05, 4.69) is 5.32 Å². The number of hydrogen-bond acceptors (Lipinski definition) is 2. The monoisotopic (exact) mass is 268 g/mol. The summed E-state index contributed by atoms with van der Waals surface area (Å²) < 4.78 is 0. The maximum Gasteiger partial charge on any atom is 0.247 e. The zero-order valence-electron chi connectivity index (χ0n) is 12.1. The van der Waals surface area contributed by atoms with Gasteiger partial charge in [0.2, 0.25) is 5.91 Å². The summed E-state index contributed by atoms with van der Waals surface area (Å²) in [6.45, 7) is 5.82. The Hall–Kier alpha value is -2.29. The van der Waals surface area contributed by atoms with Crippen molar-refractivity contribution in [3.63, 3.8) is 0 Å². The SMILES string of the molecule is Cc1ccc(C(C)(Nc2ccccc2C)C(N)=O)cc1. The quantitative estimate of drug-likeness (QED) is 0.895. The van der Waals surface area contributed by atoms with E-state index in [0.29, 0.717) is 0 Å². The standard InChI is InChI=1S/C17H20N2O/c1-12-8-10-14(11-9-12)17(3,16(18)20)19-15-7-5-4-6-13(15)2/h4-11,19H,1-3H3,(H2,18,20). The number of primary amides is 1. The van der Waals surface area contributed by atoms with Crippen LogP contribution in [0.5, 0.6) is 0 Å². The molecule has 0 fully saturated rings. The molecule has 0 saturated heterocycles. The first-order valence-electron chi connectivity index (χ1n) is 6.64. The van der Waals surface area contributed by atoms with Crippen LogP contribution in [-0.4, -0.2) is 5.91 Å². The van der Waals surface area contributed by atoms with Crippen molar-refractivity contribution in [3.8, 4) is 0 Å². The van der Waals surface area contributed by atoms with Crippen LogP contribution in [0.3, 0.4) is 0 Å². The van der Waals surface area contributed by atoms with Crippen LogP contribution in [0.1, 0.15) is 23.6 Å². The van der Waals surface area contributed by atoms with Crippen LogP contribution in [0.15, 0.2) is 48.5 Å². The molecule has 2 aromatic carbocycles. The topological polar surface area (TPSA) is 55.1 Å². The summed E-state index contributed by atoms with van der Waals surface area (Å²) in [5.74, 6) is -0.399. The van der Waals surface area contributed by atoms with Crippen molar-refractivity contribution in [2.24, 2.45) is 5.73 Å². The number of aryl methyl sites for hydroxylation is 2. The van der Waals surface area contributed by atoms with Crippen molar-refractivity contribution in [2.45, 2.75) is 26.3 Å². The molecule has 0 saturated carbocycles. The smallest absolute Gasteiger partial charge is 0.247 e. The molecule has 0 aromatic heterocycles. The third kappa shape index (κ3) is 2.67. The Kier molecular flexibility index (Phi) is 3.79. The lowest BCUT2D eigenvalue weighted by atomic mass is 9.90. The van der Waals surface area contributed by atoms with Gasteiger partial charge in [0.05, 0.1) is 0 Å². The minimum absolute atomic E-state index is 0.399. The molecule has 3 heteroatoms. The number of nitrogens with two attached hydrogens (primary N) is 1. The molecule has 1 atom stereocenters. The Labute approximate surface area is 119 Å². The van der Waals surface area contributed by atoms with Gasteiger partial charge >= 0.3 is 0 Å². The Bertz CT molecular complexity index is 619. The highest BCUT2D eigenvalue weighted by atomic mass is 16.1. The normalized spacial score (nSPS) is 13.6. The number of hydrogen-bond donors (Lipinski definition) is 2. The summed E-state index contributed by atoms with van der Waals surface area (Å²) in [6, 6.07) is 15.7. The maximum absolute atomic E-state index is 12.0. The summed E-state index contributed by atoms with van der Waals surface area (Å²) >= 11 is 0. The van der Waals surface area contributed by atoms with E-state index in [1.54, 1.807) is 0 Å². The first-order valence-corrected chi connectivity index (χ1v) is 6.64. The van der Waals surface area contributed by atoms with E-state index in [1.165, 1.54) is 0 Å². The minimum atomic E-state index is -0.931. The molecule has 20 heavy (non-hydrogen) atoms. The molecule has 0 bridgehead atoms. The number of benzene rings is 2. The van der Waals surface area contributed by atoms with E-state index < -0.39 is 11.4 Å². The van der Waals surface area contributed by atoms with Gasteiger partial charge in [0, 0.05) is 5.69 Å². The van der Waals surface area contributed by atoms with Gasteiger partial charge in [-0.2, -0.15) is 0 Å². The van der Waals surface area contributed by atoms with Crippen LogP contribution in [0, 0.1) is 13.8 Å². The van der Waals surface area contributed by atoms with E-state index in [4.69, 9.17) is 5.73 Å². The van der Waals surface area contributed by atoms with Crippen LogP contribution in [0.2, 0.25) is 0 Å². The first-order chi connectivity index (χ1) is 9.43. The van der Waals surface area contributed by atoms with Crippen molar-refractivity contribution < 1.29 is 4.79 Å². The second-order valence-corrected chi connectivity index (χ2v) is 5.30. The minimum Gasteiger partial charge on any atom is -0.368 e. The van der Waals surface area contributed by atoms with Gasteiger partial charge in [-0.05, 0) is 38.0 Å². The van der Waals surface area contributed by atoms with Crippen LogP contribution < -0.4 is 11.1 Å². The van der Waals surface area contributed by atoms with Crippen LogP contribution in [0.4, 0.5) is 5.69 Å². The fourth-order valence-electron chi connectivity index (χ4n) is 2.15. The predicted molar refractivity (Wildman–Crippen MR) is 82.5 cm³/mol. The lowest BCUT2D eigenvalue weighted by Gasteiger charge is -2.30. The van der Waals surface area contributed by atoms with Crippen molar-refractivity contribution in [3.05, 3.63) is 65.2 Å². The molecule has 3 nitrogen and oxygen atoms in total. The summed E-state index contributed by atoms with van der Waals surface area (Å²) in [5.41, 5.74) is 8.70. The number of para-hydroxylation sites is 1. The molecule has 1 amide bonds. The summed E-state index contributed by atoms with van der Waals surface area (Å²) in [6.07, 6.45) is 0. The maximum atomic E-state index is 12.0. The van der Waals surface area contributed by atoms with E-state index in [0.717, 1.165) is 22.4 Å². The fourth-order valence-corrected chi connectivity index (χ4v) is 2.15. The average molecular weight is 268 g/mol. The molecule has 1 unspecified atom stereocenters. The van der Waals surface area contributed by atoms with Gasteiger partial charge in [-0.1, -0.05) is 48.0 Å². The lowest BCUT2D eigenvalue weighted by molar-refractivity contribution is -0.122. The molecule has 2 aromatic rings. The van der Waals surface area contributed by atoms with Crippen molar-refractivity contribution in [1.29, 1.82) is 0 Å². The van der Waals surface area contributed by atoms with Gasteiger partial charge in [0.1, 0.15) is 5.54 Å². The van der Waals surface area contributed by atoms with Gasteiger partial charge in [-0.25, -0.2) is 0 Å². The molecule has 0 radical (unpaired) electrons. The van der Waals surface area contributed by atoms with Crippen LogP contribution >= 0.6 is 0 Å². The van der Waals surface area contributed by atoms with Crippen molar-refractivity contribution in [1.82, 2.24) is 0 Å². The van der Waals surface area contributed by atoms with Gasteiger partial charge in [0.15, 0.2) is 0 Å². The molecule has 2 rings (SSSR count). The van der Waals surface area contributed by atoms with Gasteiger partial charge in [-0.3, -0.25) is 4.79 Å². The van der Waals surface area contributed by atoms with Gasteiger partial charge < -0.3 is 11.1 Å². The lowest BCUT2D eigenvalue weighted by Crippen LogP contribution is -2.45. The Morgan fingerprint density at radius 3 is 2.20 bits per heavy atom. The molecule has 0 aliphatic rings. The molecule has 0 aliphatic heterocycles. The zero-order chi connectivity index (χ0) is 14.8. The molecule has 3 N–H and O–H groups in total. The predicted octanol–water partition coefficient (Wildman–Crippen LogP) is 3.12. The van der Waals surface area contributed by atoms with E-state index in [9.17, 15) is 4.79 Å². The molecule has 0 aliphatic carbocycles. The molecule has 104 valence electrons. The number of carbonyl (C=O) groups is 1. The zero-order valence-corrected chi connectivity index (χ0v) is 12.1. The van der Waals surface area contributed by atoms with E-state index in [1.807, 2.05) is 69.3 Å². The highest BCUT2D eigenvalue weighted by Crippen LogP contribution is 2.27. The largest absolute Gasteiger partial charge is 0.368 e. The summed E-state index contributed by atoms with van der Waals surface area (Å²) in [5, 5.41) is 3.28. The third-order valence-corrected chi connectivity index (χ3v) is 3.65. The number of amides is 1. The molecule has 0 heterocycles. The number of rotatable bonds is 4. The third-order valence-electron chi connectivity index (χ3n) is 3.65. The van der Waals surface area contributed by atoms with E-state index >= 15 is 0 Å². The Morgan fingerprint density at radius 1 is 1.05 bits per heavy atom. The van der Waals surface area contributed by atoms with Gasteiger partial charge in [0.25, 0.3) is 0 Å². The number of anilines is 1. The molecule has 0 spiro atoms. The van der Waals surface area contributed by atoms with Crippen molar-refractivity contribution >= 4 is 11.6 Å². The van der Waals surface area contributed by atoms with Crippen LogP contribution in [-0.2, 0) is 10.3 Å². The summed E-state index contributed by atoms with van der Waals surface area (Å²) in [4.78, 5) is 12.0. The number of carbonyl (C=O) groups excluding carboxylic acids is 1. The van der Waals surface area contributed by atoms with Crippen molar-refractivity contribution in [2.75, 3.05) is 5.32 Å². The first kappa shape index (κ1) is 14.1. The number of nitrogens with one attached hydrogen (secondary N) is 1. The highest BCUT2D eigenvalue weighted by molar-refractivity contribution is 5.89. The second-order valence-electron chi connectivity index (χ2n) is 5.30. The second kappa shape index (κ2) is 5.37. The van der Waals surface area contributed by atoms with Gasteiger partial charge in [-0.15, -0.1) is 0 Å². The summed E-state index contributed by atoms with van der Waals surface area (Å²) in [7, 11) is 0. The Balaban J connectivity index is 2.43. The molecular formula is C17H20N2O. The average Bonchev–Trinajstić information content (AvgIpc) is 2.42. The van der Waals surface area contributed by atoms with E-state index in [-0.39, 0.29) is 0 Å². The fraction of sp³-hybridized carbons (Fsp3) is 0.235. The highest BCUT2D eigenvalue weighted by Gasteiger charge is 2.33. The van der Waals surface area contributed by atoms with Crippen LogP contribution in [0.25, 0.3) is 0 Å². The molecular weight excluding hydrogens is 248 g/mol. The Morgan fingerprint density at radius 2 is 1.65 bits per heavy atom.